The molecule has 8 atom stereocenters. The first kappa shape index (κ1) is 28.5. The van der Waals surface area contributed by atoms with Gasteiger partial charge in [-0.1, -0.05) is 17.7 Å². The summed E-state index contributed by atoms with van der Waals surface area (Å²) in [6.45, 7) is 6.09. The van der Waals surface area contributed by atoms with E-state index in [0.29, 0.717) is 30.4 Å². The summed E-state index contributed by atoms with van der Waals surface area (Å²) in [6, 6.07) is 11.8. The summed E-state index contributed by atoms with van der Waals surface area (Å²) < 4.78 is 23.0. The van der Waals surface area contributed by atoms with Gasteiger partial charge in [-0.15, -0.1) is 0 Å². The molecule has 2 fully saturated rings. The number of hydrogen-bond acceptors (Lipinski definition) is 5. The van der Waals surface area contributed by atoms with Crippen molar-refractivity contribution in [3.8, 4) is 5.75 Å². The van der Waals surface area contributed by atoms with Gasteiger partial charge in [-0.05, 0) is 136 Å². The Morgan fingerprint density at radius 1 is 1.12 bits per heavy atom. The number of ether oxygens (including phenoxy) is 1. The second-order valence-corrected chi connectivity index (χ2v) is 17.0. The minimum Gasteiger partial charge on any atom is -0.490 e. The van der Waals surface area contributed by atoms with Crippen molar-refractivity contribution in [2.45, 2.75) is 81.5 Å². The van der Waals surface area contributed by atoms with Crippen LogP contribution in [0.4, 0.5) is 5.69 Å². The number of nitrogens with zero attached hydrogens (tertiary/aromatic N) is 1. The van der Waals surface area contributed by atoms with Crippen molar-refractivity contribution in [1.82, 2.24) is 4.72 Å². The largest absolute Gasteiger partial charge is 0.490 e. The standard InChI is InChI=1S/C34H43ClN2O4S/c1-21-6-7-23-16-29(23)33(2,39)27-11-8-25(27)18-37-19-34(14-4-5-22-15-26(35)10-12-28(22)34)20-41-31-13-9-24(17-30(31)37)32(38)36-42(21,3)40/h9-10,12-13,15,17,21,23,25,27,29,39H,3-8,11,14,16,18-20H2,1-2H3,(H,36,38,40)/t21-,23?,25+,27-,29+,33+,34+,42?/m1/s1. The SMILES string of the molecule is C=S1(=O)NC(=O)c2ccc3c(c2)N(C[C@@H]2CC[C@H]2[C@](C)(O)[C@H]2CC2CC[C@H]1C)C[C@@]1(CCCc2cc(Cl)ccc21)CO3. The van der Waals surface area contributed by atoms with Crippen molar-refractivity contribution >= 4 is 38.8 Å². The molecule has 8 heteroatoms. The third kappa shape index (κ3) is 4.84. The van der Waals surface area contributed by atoms with Crippen molar-refractivity contribution in [1.29, 1.82) is 0 Å². The van der Waals surface area contributed by atoms with Gasteiger partial charge in [-0.3, -0.25) is 9.52 Å². The van der Waals surface area contributed by atoms with Gasteiger partial charge >= 0.3 is 0 Å². The van der Waals surface area contributed by atoms with Crippen LogP contribution >= 0.6 is 11.6 Å². The molecular formula is C34H43ClN2O4S. The maximum atomic E-state index is 13.6. The summed E-state index contributed by atoms with van der Waals surface area (Å²) in [5, 5.41) is 12.4. The zero-order valence-corrected chi connectivity index (χ0v) is 26.3. The van der Waals surface area contributed by atoms with Gasteiger partial charge in [0.15, 0.2) is 0 Å². The molecular weight excluding hydrogens is 568 g/mol. The molecule has 2 aromatic carbocycles. The lowest BCUT2D eigenvalue weighted by Crippen LogP contribution is -2.53. The molecule has 2 aromatic rings. The van der Waals surface area contributed by atoms with Gasteiger partial charge in [0.1, 0.15) is 5.75 Å². The third-order valence-electron chi connectivity index (χ3n) is 11.5. The van der Waals surface area contributed by atoms with Crippen LogP contribution in [0.25, 0.3) is 0 Å². The lowest BCUT2D eigenvalue weighted by molar-refractivity contribution is -0.0868. The summed E-state index contributed by atoms with van der Waals surface area (Å²) in [5.41, 5.74) is 3.03. The highest BCUT2D eigenvalue weighted by molar-refractivity contribution is 7.99. The third-order valence-corrected chi connectivity index (χ3v) is 13.8. The number of hydrogen-bond donors (Lipinski definition) is 2. The van der Waals surface area contributed by atoms with E-state index in [-0.39, 0.29) is 28.4 Å². The fraction of sp³-hybridized carbons (Fsp3) is 0.588. The first-order valence-electron chi connectivity index (χ1n) is 15.7. The van der Waals surface area contributed by atoms with Crippen molar-refractivity contribution in [2.24, 2.45) is 23.7 Å². The zero-order valence-electron chi connectivity index (χ0n) is 24.7. The molecule has 5 aliphatic rings. The van der Waals surface area contributed by atoms with Crippen LogP contribution in [0.5, 0.6) is 5.75 Å². The Labute approximate surface area is 255 Å². The lowest BCUT2D eigenvalue weighted by Gasteiger charge is -2.49. The number of nitrogens with one attached hydrogen (secondary N) is 1. The molecule has 7 rings (SSSR count). The molecule has 0 saturated heterocycles. The average molecular weight is 611 g/mol. The van der Waals surface area contributed by atoms with Crippen LogP contribution < -0.4 is 14.4 Å². The van der Waals surface area contributed by atoms with Gasteiger partial charge in [0.2, 0.25) is 0 Å². The van der Waals surface area contributed by atoms with E-state index in [2.05, 4.69) is 34.5 Å². The van der Waals surface area contributed by atoms with E-state index in [0.717, 1.165) is 74.5 Å². The van der Waals surface area contributed by atoms with Crippen LogP contribution in [0.15, 0.2) is 36.4 Å². The maximum Gasteiger partial charge on any atom is 0.262 e. The van der Waals surface area contributed by atoms with Crippen molar-refractivity contribution in [3.63, 3.8) is 0 Å². The van der Waals surface area contributed by atoms with E-state index in [1.54, 1.807) is 6.07 Å². The molecule has 2 N–H and O–H groups in total. The van der Waals surface area contributed by atoms with E-state index in [1.165, 1.54) is 11.1 Å². The Balaban J connectivity index is 1.31. The fourth-order valence-corrected chi connectivity index (χ4v) is 9.95. The molecule has 2 aliphatic heterocycles. The summed E-state index contributed by atoms with van der Waals surface area (Å²) >= 11 is 6.42. The number of anilines is 1. The van der Waals surface area contributed by atoms with Crippen LogP contribution in [-0.2, 0) is 21.5 Å². The Morgan fingerprint density at radius 2 is 1.93 bits per heavy atom. The molecule has 2 heterocycles. The van der Waals surface area contributed by atoms with Gasteiger partial charge in [-0.25, -0.2) is 4.21 Å². The van der Waals surface area contributed by atoms with Crippen molar-refractivity contribution < 1.29 is 18.8 Å². The summed E-state index contributed by atoms with van der Waals surface area (Å²) in [7, 11) is -2.85. The van der Waals surface area contributed by atoms with Crippen LogP contribution in [0.1, 0.15) is 80.3 Å². The summed E-state index contributed by atoms with van der Waals surface area (Å²) in [6.07, 6.45) is 7.84. The van der Waals surface area contributed by atoms with E-state index in [1.807, 2.05) is 25.1 Å². The molecule has 0 aromatic heterocycles. The molecule has 0 radical (unpaired) electrons. The van der Waals surface area contributed by atoms with E-state index in [4.69, 9.17) is 16.3 Å². The van der Waals surface area contributed by atoms with Crippen molar-refractivity contribution in [2.75, 3.05) is 24.6 Å². The number of carbonyl (C=O) groups excluding carboxylic acids is 1. The quantitative estimate of drug-likeness (QED) is 0.370. The predicted octanol–water partition coefficient (Wildman–Crippen LogP) is 5.77. The number of aliphatic hydroxyl groups is 1. The summed E-state index contributed by atoms with van der Waals surface area (Å²) in [5.74, 6) is 5.67. The number of benzene rings is 2. The second kappa shape index (κ2) is 10.2. The van der Waals surface area contributed by atoms with Crippen LogP contribution in [0, 0.1) is 23.7 Å². The molecule has 2 saturated carbocycles. The molecule has 2 bridgehead atoms. The highest BCUT2D eigenvalue weighted by atomic mass is 35.5. The number of aryl methyl sites for hydroxylation is 1. The minimum atomic E-state index is -2.85. The Hall–Kier alpha value is -2.22. The van der Waals surface area contributed by atoms with Gasteiger partial charge in [-0.2, -0.15) is 0 Å². The lowest BCUT2D eigenvalue weighted by atomic mass is 9.63. The maximum absolute atomic E-state index is 13.6. The molecule has 2 unspecified atom stereocenters. The number of fused-ring (bicyclic) bond motifs is 5. The topological polar surface area (TPSA) is 78.9 Å². The first-order chi connectivity index (χ1) is 20.0. The van der Waals surface area contributed by atoms with Crippen LogP contribution in [0.2, 0.25) is 5.02 Å². The summed E-state index contributed by atoms with van der Waals surface area (Å²) in [4.78, 5) is 15.9. The highest BCUT2D eigenvalue weighted by Gasteiger charge is 2.56. The zero-order chi connectivity index (χ0) is 29.4. The smallest absolute Gasteiger partial charge is 0.262 e. The minimum absolute atomic E-state index is 0.207. The van der Waals surface area contributed by atoms with E-state index >= 15 is 0 Å². The second-order valence-electron chi connectivity index (χ2n) is 14.1. The Morgan fingerprint density at radius 3 is 2.71 bits per heavy atom. The normalized spacial score (nSPS) is 39.5. The molecule has 1 amide bonds. The van der Waals surface area contributed by atoms with Crippen LogP contribution in [-0.4, -0.2) is 51.6 Å². The van der Waals surface area contributed by atoms with Gasteiger partial charge in [0, 0.05) is 34.3 Å². The van der Waals surface area contributed by atoms with E-state index < -0.39 is 15.3 Å². The van der Waals surface area contributed by atoms with Gasteiger partial charge < -0.3 is 14.7 Å². The number of rotatable bonds is 0. The fourth-order valence-electron chi connectivity index (χ4n) is 8.61. The molecule has 3 aliphatic carbocycles. The molecule has 42 heavy (non-hydrogen) atoms. The van der Waals surface area contributed by atoms with Crippen molar-refractivity contribution in [3.05, 3.63) is 58.1 Å². The molecule has 1 spiro atoms. The molecule has 226 valence electrons. The number of halogens is 1. The first-order valence-corrected chi connectivity index (χ1v) is 17.8. The highest BCUT2D eigenvalue weighted by Crippen LogP contribution is 2.57. The average Bonchev–Trinajstić information content (AvgIpc) is 3.73. The Bertz CT molecular complexity index is 1520. The predicted molar refractivity (Wildman–Crippen MR) is 170 cm³/mol. The van der Waals surface area contributed by atoms with Gasteiger partial charge in [0.25, 0.3) is 5.91 Å². The molecule has 6 nitrogen and oxygen atoms in total. The number of amides is 1. The number of carbonyl (C=O) groups is 1. The van der Waals surface area contributed by atoms with Gasteiger partial charge in [0.05, 0.1) is 27.6 Å². The Kier molecular flexibility index (Phi) is 6.91. The van der Waals surface area contributed by atoms with E-state index in [9.17, 15) is 14.1 Å². The monoisotopic (exact) mass is 610 g/mol. The van der Waals surface area contributed by atoms with Crippen LogP contribution in [0.3, 0.4) is 0 Å².